The zero-order valence-electron chi connectivity index (χ0n) is 9.80. The lowest BCUT2D eigenvalue weighted by molar-refractivity contribution is -0.0135. The van der Waals surface area contributed by atoms with Gasteiger partial charge in [0.15, 0.2) is 0 Å². The summed E-state index contributed by atoms with van der Waals surface area (Å²) in [4.78, 5) is 2.30. The molecule has 80 valence electrons. The Morgan fingerprint density at radius 2 is 1.85 bits per heavy atom. The summed E-state index contributed by atoms with van der Waals surface area (Å²) in [6.45, 7) is 10.1. The van der Waals surface area contributed by atoms with Gasteiger partial charge in [-0.25, -0.2) is 0 Å². The molecule has 2 heteroatoms. The molecule has 1 heterocycles. The quantitative estimate of drug-likeness (QED) is 0.680. The van der Waals surface area contributed by atoms with E-state index in [2.05, 4.69) is 11.9 Å². The lowest BCUT2D eigenvalue weighted by atomic mass is 9.84. The van der Waals surface area contributed by atoms with E-state index >= 15 is 0 Å². The minimum atomic E-state index is -0.491. The number of hydrogen-bond donors (Lipinski definition) is 1. The second kappa shape index (κ2) is 5.61. The summed E-state index contributed by atoms with van der Waals surface area (Å²) in [6.07, 6.45) is 2.40. The number of aliphatic hydroxyl groups is 1. The number of piperidine rings is 1. The minimum Gasteiger partial charge on any atom is -0.390 e. The van der Waals surface area contributed by atoms with Crippen molar-refractivity contribution in [2.75, 3.05) is 20.1 Å². The maximum atomic E-state index is 9.73. The Morgan fingerprint density at radius 1 is 1.31 bits per heavy atom. The van der Waals surface area contributed by atoms with Crippen LogP contribution in [0.1, 0.15) is 40.5 Å². The van der Waals surface area contributed by atoms with Gasteiger partial charge in [0.2, 0.25) is 0 Å². The minimum absolute atomic E-state index is 0.459. The van der Waals surface area contributed by atoms with Gasteiger partial charge in [-0.05, 0) is 46.2 Å². The van der Waals surface area contributed by atoms with Gasteiger partial charge in [0.05, 0.1) is 5.60 Å². The van der Waals surface area contributed by atoms with Crippen LogP contribution in [0.15, 0.2) is 0 Å². The van der Waals surface area contributed by atoms with Crippen molar-refractivity contribution in [3.05, 3.63) is 0 Å². The zero-order chi connectivity index (χ0) is 10.5. The second-order valence-electron chi connectivity index (χ2n) is 4.26. The lowest BCUT2D eigenvalue weighted by Gasteiger charge is -2.36. The van der Waals surface area contributed by atoms with Gasteiger partial charge in [-0.15, -0.1) is 0 Å². The van der Waals surface area contributed by atoms with E-state index < -0.39 is 5.60 Å². The van der Waals surface area contributed by atoms with E-state index in [4.69, 9.17) is 0 Å². The average Bonchev–Trinajstić information content (AvgIpc) is 2.06. The predicted octanol–water partition coefficient (Wildman–Crippen LogP) is 2.13. The molecule has 0 amide bonds. The fraction of sp³-hybridized carbons (Fsp3) is 1.00. The van der Waals surface area contributed by atoms with Gasteiger partial charge in [-0.2, -0.15) is 0 Å². The van der Waals surface area contributed by atoms with Crippen LogP contribution in [-0.4, -0.2) is 35.7 Å². The van der Waals surface area contributed by atoms with Crippen LogP contribution in [0.3, 0.4) is 0 Å². The summed E-state index contributed by atoms with van der Waals surface area (Å²) in [7, 11) is 2.12. The van der Waals surface area contributed by atoms with Crippen molar-refractivity contribution in [1.29, 1.82) is 0 Å². The Morgan fingerprint density at radius 3 is 2.15 bits per heavy atom. The summed E-state index contributed by atoms with van der Waals surface area (Å²) >= 11 is 0. The molecule has 0 aromatic carbocycles. The van der Waals surface area contributed by atoms with E-state index in [-0.39, 0.29) is 0 Å². The molecule has 1 fully saturated rings. The standard InChI is InChI=1S/C9H19NO.C2H6/c1-9(2,11)8-5-4-6-10(3)7-8;1-2/h8,11H,4-7H2,1-3H3;1-2H3. The van der Waals surface area contributed by atoms with Crippen molar-refractivity contribution < 1.29 is 5.11 Å². The lowest BCUT2D eigenvalue weighted by Crippen LogP contribution is -2.42. The second-order valence-corrected chi connectivity index (χ2v) is 4.26. The fourth-order valence-electron chi connectivity index (χ4n) is 1.74. The molecular formula is C11H25NO. The molecule has 0 spiro atoms. The highest BCUT2D eigenvalue weighted by Crippen LogP contribution is 2.25. The topological polar surface area (TPSA) is 23.5 Å². The third kappa shape index (κ3) is 4.63. The van der Waals surface area contributed by atoms with Gasteiger partial charge in [0.25, 0.3) is 0 Å². The van der Waals surface area contributed by atoms with Crippen molar-refractivity contribution in [3.8, 4) is 0 Å². The number of likely N-dealkylation sites (tertiary alicyclic amines) is 1. The SMILES string of the molecule is CC.CN1CCCC(C(C)(C)O)C1. The maximum absolute atomic E-state index is 9.73. The summed E-state index contributed by atoms with van der Waals surface area (Å²) in [6, 6.07) is 0. The molecule has 0 aromatic rings. The monoisotopic (exact) mass is 187 g/mol. The maximum Gasteiger partial charge on any atom is 0.0632 e. The molecule has 0 bridgehead atoms. The Kier molecular flexibility index (Phi) is 5.57. The molecule has 1 unspecified atom stereocenters. The van der Waals surface area contributed by atoms with Crippen LogP contribution in [-0.2, 0) is 0 Å². The van der Waals surface area contributed by atoms with Crippen LogP contribution in [0.5, 0.6) is 0 Å². The highest BCUT2D eigenvalue weighted by molar-refractivity contribution is 4.82. The van der Waals surface area contributed by atoms with Crippen LogP contribution in [0, 0.1) is 5.92 Å². The molecule has 1 N–H and O–H groups in total. The molecule has 0 radical (unpaired) electrons. The molecule has 0 aliphatic carbocycles. The zero-order valence-corrected chi connectivity index (χ0v) is 9.80. The summed E-state index contributed by atoms with van der Waals surface area (Å²) in [5, 5.41) is 9.73. The molecule has 1 rings (SSSR count). The molecule has 13 heavy (non-hydrogen) atoms. The van der Waals surface area contributed by atoms with Crippen molar-refractivity contribution in [2.24, 2.45) is 5.92 Å². The normalized spacial score (nSPS) is 24.9. The van der Waals surface area contributed by atoms with Gasteiger partial charge in [-0.1, -0.05) is 13.8 Å². The van der Waals surface area contributed by atoms with Crippen molar-refractivity contribution in [3.63, 3.8) is 0 Å². The van der Waals surface area contributed by atoms with Gasteiger partial charge in [0, 0.05) is 6.54 Å². The van der Waals surface area contributed by atoms with Gasteiger partial charge in [-0.3, -0.25) is 0 Å². The molecular weight excluding hydrogens is 162 g/mol. The van der Waals surface area contributed by atoms with Crippen molar-refractivity contribution >= 4 is 0 Å². The molecule has 0 aromatic heterocycles. The van der Waals surface area contributed by atoms with E-state index in [1.54, 1.807) is 0 Å². The van der Waals surface area contributed by atoms with Crippen LogP contribution in [0.25, 0.3) is 0 Å². The van der Waals surface area contributed by atoms with Crippen molar-refractivity contribution in [1.82, 2.24) is 4.90 Å². The van der Waals surface area contributed by atoms with E-state index in [1.807, 2.05) is 27.7 Å². The Balaban J connectivity index is 0.000000671. The Bertz CT molecular complexity index is 129. The molecule has 1 atom stereocenters. The van der Waals surface area contributed by atoms with E-state index in [9.17, 15) is 5.11 Å². The average molecular weight is 187 g/mol. The first-order chi connectivity index (χ1) is 6.00. The summed E-state index contributed by atoms with van der Waals surface area (Å²) < 4.78 is 0. The Hall–Kier alpha value is -0.0800. The van der Waals surface area contributed by atoms with Crippen LogP contribution in [0.4, 0.5) is 0 Å². The molecule has 1 aliphatic heterocycles. The third-order valence-electron chi connectivity index (χ3n) is 2.62. The first-order valence-corrected chi connectivity index (χ1v) is 5.41. The Labute approximate surface area is 82.9 Å². The van der Waals surface area contributed by atoms with E-state index in [0.717, 1.165) is 6.54 Å². The highest BCUT2D eigenvalue weighted by Gasteiger charge is 2.29. The van der Waals surface area contributed by atoms with Gasteiger partial charge < -0.3 is 10.0 Å². The first kappa shape index (κ1) is 12.9. The smallest absolute Gasteiger partial charge is 0.0632 e. The van der Waals surface area contributed by atoms with Crippen LogP contribution in [0.2, 0.25) is 0 Å². The van der Waals surface area contributed by atoms with Gasteiger partial charge >= 0.3 is 0 Å². The van der Waals surface area contributed by atoms with Crippen LogP contribution >= 0.6 is 0 Å². The van der Waals surface area contributed by atoms with Gasteiger partial charge in [0.1, 0.15) is 0 Å². The first-order valence-electron chi connectivity index (χ1n) is 5.41. The van der Waals surface area contributed by atoms with Crippen LogP contribution < -0.4 is 0 Å². The van der Waals surface area contributed by atoms with Crippen molar-refractivity contribution in [2.45, 2.75) is 46.1 Å². The van der Waals surface area contributed by atoms with E-state index in [0.29, 0.717) is 5.92 Å². The summed E-state index contributed by atoms with van der Waals surface area (Å²) in [5.74, 6) is 0.459. The molecule has 1 aliphatic rings. The number of nitrogens with zero attached hydrogens (tertiary/aromatic N) is 1. The molecule has 2 nitrogen and oxygen atoms in total. The molecule has 1 saturated heterocycles. The number of rotatable bonds is 1. The molecule has 0 saturated carbocycles. The predicted molar refractivity (Wildman–Crippen MR) is 57.9 cm³/mol. The third-order valence-corrected chi connectivity index (χ3v) is 2.62. The fourth-order valence-corrected chi connectivity index (χ4v) is 1.74. The summed E-state index contributed by atoms with van der Waals surface area (Å²) in [5.41, 5.74) is -0.491. The number of hydrogen-bond acceptors (Lipinski definition) is 2. The largest absolute Gasteiger partial charge is 0.390 e. The highest BCUT2D eigenvalue weighted by atomic mass is 16.3. The van der Waals surface area contributed by atoms with E-state index in [1.165, 1.54) is 19.4 Å².